The van der Waals surface area contributed by atoms with Crippen molar-refractivity contribution in [2.75, 3.05) is 13.2 Å². The van der Waals surface area contributed by atoms with Gasteiger partial charge < -0.3 is 20.1 Å². The maximum absolute atomic E-state index is 11.0. The van der Waals surface area contributed by atoms with E-state index in [2.05, 4.69) is 4.74 Å². The molecule has 3 N–H and O–H groups in total. The third-order valence-corrected chi connectivity index (χ3v) is 1.67. The normalized spacial score (nSPS) is 14.9. The standard InChI is InChI=1S/C9H18O5/c1-2-3-7(11)4-9(13)14-6-8(12)5-10/h7-8,10-12H,2-6H2,1H3/t7-,8?/m1/s1. The molecule has 0 spiro atoms. The van der Waals surface area contributed by atoms with Crippen molar-refractivity contribution in [3.8, 4) is 0 Å². The van der Waals surface area contributed by atoms with Crippen LogP contribution in [0.15, 0.2) is 0 Å². The summed E-state index contributed by atoms with van der Waals surface area (Å²) in [4.78, 5) is 11.0. The number of esters is 1. The highest BCUT2D eigenvalue weighted by Gasteiger charge is 2.12. The van der Waals surface area contributed by atoms with Crippen LogP contribution in [0.4, 0.5) is 0 Å². The number of hydrogen-bond donors (Lipinski definition) is 3. The second kappa shape index (κ2) is 7.73. The first kappa shape index (κ1) is 13.4. The van der Waals surface area contributed by atoms with Crippen LogP contribution >= 0.6 is 0 Å². The van der Waals surface area contributed by atoms with Gasteiger partial charge in [0.2, 0.25) is 0 Å². The van der Waals surface area contributed by atoms with E-state index >= 15 is 0 Å². The lowest BCUT2D eigenvalue weighted by Gasteiger charge is -2.11. The van der Waals surface area contributed by atoms with Gasteiger partial charge in [0.25, 0.3) is 0 Å². The molecule has 0 aromatic heterocycles. The fourth-order valence-electron chi connectivity index (χ4n) is 0.928. The van der Waals surface area contributed by atoms with Crippen molar-refractivity contribution in [2.45, 2.75) is 38.4 Å². The molecule has 0 aromatic carbocycles. The Morgan fingerprint density at radius 2 is 2.00 bits per heavy atom. The molecule has 0 saturated heterocycles. The number of ether oxygens (including phenoxy) is 1. The lowest BCUT2D eigenvalue weighted by molar-refractivity contribution is -0.149. The molecule has 0 saturated carbocycles. The summed E-state index contributed by atoms with van der Waals surface area (Å²) in [5.74, 6) is -0.557. The molecule has 84 valence electrons. The van der Waals surface area contributed by atoms with Gasteiger partial charge in [-0.1, -0.05) is 13.3 Å². The Hall–Kier alpha value is -0.650. The molecule has 5 nitrogen and oxygen atoms in total. The Balaban J connectivity index is 3.54. The van der Waals surface area contributed by atoms with Gasteiger partial charge in [-0.15, -0.1) is 0 Å². The molecule has 0 aliphatic rings. The van der Waals surface area contributed by atoms with E-state index in [0.29, 0.717) is 6.42 Å². The maximum Gasteiger partial charge on any atom is 0.308 e. The maximum atomic E-state index is 11.0. The van der Waals surface area contributed by atoms with Gasteiger partial charge in [-0.25, -0.2) is 0 Å². The van der Waals surface area contributed by atoms with Crippen LogP contribution in [0.2, 0.25) is 0 Å². The Bertz CT molecular complexity index is 159. The molecule has 14 heavy (non-hydrogen) atoms. The van der Waals surface area contributed by atoms with E-state index in [4.69, 9.17) is 10.2 Å². The first-order valence-electron chi connectivity index (χ1n) is 4.72. The van der Waals surface area contributed by atoms with Gasteiger partial charge in [-0.2, -0.15) is 0 Å². The summed E-state index contributed by atoms with van der Waals surface area (Å²) in [6.07, 6.45) is -0.432. The van der Waals surface area contributed by atoms with Gasteiger partial charge in [-0.05, 0) is 6.42 Å². The van der Waals surface area contributed by atoms with Crippen LogP contribution in [-0.2, 0) is 9.53 Å². The van der Waals surface area contributed by atoms with Crippen LogP contribution in [-0.4, -0.2) is 46.7 Å². The number of carbonyl (C=O) groups is 1. The van der Waals surface area contributed by atoms with Gasteiger partial charge in [0.05, 0.1) is 19.1 Å². The van der Waals surface area contributed by atoms with Gasteiger partial charge >= 0.3 is 5.97 Å². The fourth-order valence-corrected chi connectivity index (χ4v) is 0.928. The molecular weight excluding hydrogens is 188 g/mol. The summed E-state index contributed by atoms with van der Waals surface area (Å²) in [6, 6.07) is 0. The van der Waals surface area contributed by atoms with Crippen molar-refractivity contribution in [1.82, 2.24) is 0 Å². The van der Waals surface area contributed by atoms with Crippen molar-refractivity contribution in [2.24, 2.45) is 0 Å². The molecule has 0 heterocycles. The number of rotatable bonds is 7. The molecule has 5 heteroatoms. The lowest BCUT2D eigenvalue weighted by Crippen LogP contribution is -2.24. The third-order valence-electron chi connectivity index (χ3n) is 1.67. The quantitative estimate of drug-likeness (QED) is 0.486. The van der Waals surface area contributed by atoms with E-state index in [9.17, 15) is 9.90 Å². The zero-order valence-electron chi connectivity index (χ0n) is 8.35. The Morgan fingerprint density at radius 1 is 1.36 bits per heavy atom. The summed E-state index contributed by atoms with van der Waals surface area (Å²) in [5, 5.41) is 26.5. The minimum Gasteiger partial charge on any atom is -0.463 e. The van der Waals surface area contributed by atoms with Crippen LogP contribution in [0.1, 0.15) is 26.2 Å². The topological polar surface area (TPSA) is 87.0 Å². The molecule has 0 rings (SSSR count). The van der Waals surface area contributed by atoms with Crippen LogP contribution < -0.4 is 0 Å². The molecule has 0 aliphatic carbocycles. The summed E-state index contributed by atoms with van der Waals surface area (Å²) in [6.45, 7) is 1.24. The van der Waals surface area contributed by atoms with Gasteiger partial charge in [-0.3, -0.25) is 4.79 Å². The molecule has 0 radical (unpaired) electrons. The van der Waals surface area contributed by atoms with E-state index in [0.717, 1.165) is 6.42 Å². The highest BCUT2D eigenvalue weighted by Crippen LogP contribution is 2.02. The zero-order chi connectivity index (χ0) is 11.0. The second-order valence-electron chi connectivity index (χ2n) is 3.17. The minimum atomic E-state index is -1.04. The molecule has 0 aliphatic heterocycles. The van der Waals surface area contributed by atoms with E-state index in [1.54, 1.807) is 0 Å². The largest absolute Gasteiger partial charge is 0.463 e. The summed E-state index contributed by atoms with van der Waals surface area (Å²) in [7, 11) is 0. The van der Waals surface area contributed by atoms with E-state index in [1.165, 1.54) is 0 Å². The van der Waals surface area contributed by atoms with E-state index < -0.39 is 24.8 Å². The van der Waals surface area contributed by atoms with Gasteiger partial charge in [0.15, 0.2) is 0 Å². The van der Waals surface area contributed by atoms with Gasteiger partial charge in [0.1, 0.15) is 12.7 Å². The second-order valence-corrected chi connectivity index (χ2v) is 3.17. The number of hydrogen-bond acceptors (Lipinski definition) is 5. The van der Waals surface area contributed by atoms with Crippen LogP contribution in [0.3, 0.4) is 0 Å². The highest BCUT2D eigenvalue weighted by molar-refractivity contribution is 5.69. The molecule has 0 aromatic rings. The molecule has 1 unspecified atom stereocenters. The molecule has 2 atom stereocenters. The Labute approximate surface area is 83.3 Å². The van der Waals surface area contributed by atoms with Crippen molar-refractivity contribution in [3.05, 3.63) is 0 Å². The summed E-state index contributed by atoms with van der Waals surface area (Å²) >= 11 is 0. The lowest BCUT2D eigenvalue weighted by atomic mass is 10.1. The third kappa shape index (κ3) is 6.82. The predicted octanol–water partition coefficient (Wildman–Crippen LogP) is -0.566. The Kier molecular flexibility index (Phi) is 7.37. The highest BCUT2D eigenvalue weighted by atomic mass is 16.5. The zero-order valence-corrected chi connectivity index (χ0v) is 8.35. The average Bonchev–Trinajstić information content (AvgIpc) is 2.14. The first-order chi connectivity index (χ1) is 6.60. The first-order valence-corrected chi connectivity index (χ1v) is 4.72. The molecule has 0 bridgehead atoms. The molecular formula is C9H18O5. The minimum absolute atomic E-state index is 0.0635. The molecule has 0 fully saturated rings. The number of aliphatic hydroxyl groups is 3. The van der Waals surface area contributed by atoms with Gasteiger partial charge in [0, 0.05) is 0 Å². The molecule has 0 amide bonds. The summed E-state index contributed by atoms with van der Waals surface area (Å²) in [5.41, 5.74) is 0. The average molecular weight is 206 g/mol. The predicted molar refractivity (Wildman–Crippen MR) is 49.6 cm³/mol. The monoisotopic (exact) mass is 206 g/mol. The van der Waals surface area contributed by atoms with E-state index in [1.807, 2.05) is 6.92 Å². The Morgan fingerprint density at radius 3 is 2.50 bits per heavy atom. The SMILES string of the molecule is CCC[C@@H](O)CC(=O)OCC(O)CO. The summed E-state index contributed by atoms with van der Waals surface area (Å²) < 4.78 is 4.60. The van der Waals surface area contributed by atoms with Crippen molar-refractivity contribution >= 4 is 5.97 Å². The van der Waals surface area contributed by atoms with Crippen molar-refractivity contribution in [1.29, 1.82) is 0 Å². The van der Waals surface area contributed by atoms with Crippen molar-refractivity contribution < 1.29 is 24.9 Å². The number of aliphatic hydroxyl groups excluding tert-OH is 3. The van der Waals surface area contributed by atoms with Crippen LogP contribution in [0.25, 0.3) is 0 Å². The smallest absolute Gasteiger partial charge is 0.308 e. The van der Waals surface area contributed by atoms with Crippen LogP contribution in [0.5, 0.6) is 0 Å². The van der Waals surface area contributed by atoms with Crippen molar-refractivity contribution in [3.63, 3.8) is 0 Å². The van der Waals surface area contributed by atoms with Crippen LogP contribution in [0, 0.1) is 0 Å². The fraction of sp³-hybridized carbons (Fsp3) is 0.889. The number of carbonyl (C=O) groups excluding carboxylic acids is 1. The van der Waals surface area contributed by atoms with E-state index in [-0.39, 0.29) is 13.0 Å².